The second-order valence-electron chi connectivity index (χ2n) is 3.97. The number of rotatable bonds is 6. The molecule has 0 aliphatic heterocycles. The Hall–Kier alpha value is -1.89. The molecule has 0 spiro atoms. The van der Waals surface area contributed by atoms with Crippen LogP contribution in [0.25, 0.3) is 0 Å². The van der Waals surface area contributed by atoms with E-state index in [4.69, 9.17) is 5.11 Å². The minimum absolute atomic E-state index is 0.110. The van der Waals surface area contributed by atoms with Gasteiger partial charge in [0.15, 0.2) is 0 Å². The van der Waals surface area contributed by atoms with Gasteiger partial charge in [-0.25, -0.2) is 0 Å². The zero-order valence-electron chi connectivity index (χ0n) is 10.5. The van der Waals surface area contributed by atoms with E-state index in [1.165, 1.54) is 21.7 Å². The number of aryl methyl sites for hydroxylation is 1. The number of hydrogen-bond acceptors (Lipinski definition) is 4. The van der Waals surface area contributed by atoms with E-state index in [2.05, 4.69) is 0 Å². The third-order valence-corrected chi connectivity index (χ3v) is 2.57. The van der Waals surface area contributed by atoms with Gasteiger partial charge in [0.05, 0.1) is 17.7 Å². The maximum atomic E-state index is 12.2. The molecule has 100 valence electrons. The van der Waals surface area contributed by atoms with Crippen LogP contribution in [0.4, 0.5) is 5.69 Å². The summed E-state index contributed by atoms with van der Waals surface area (Å²) in [7, 11) is 1.59. The summed E-state index contributed by atoms with van der Waals surface area (Å²) in [5.74, 6) is -0.304. The zero-order valence-corrected chi connectivity index (χ0v) is 10.5. The van der Waals surface area contributed by atoms with Gasteiger partial charge in [-0.2, -0.15) is 0 Å². The lowest BCUT2D eigenvalue weighted by Crippen LogP contribution is -2.35. The fraction of sp³-hybridized carbons (Fsp3) is 0.545. The smallest absolute Gasteiger partial charge is 0.287 e. The first-order valence-corrected chi connectivity index (χ1v) is 5.72. The van der Waals surface area contributed by atoms with Crippen molar-refractivity contribution < 1.29 is 14.8 Å². The molecule has 1 rings (SSSR count). The van der Waals surface area contributed by atoms with Crippen molar-refractivity contribution in [1.82, 2.24) is 9.47 Å². The van der Waals surface area contributed by atoms with Gasteiger partial charge in [-0.15, -0.1) is 0 Å². The van der Waals surface area contributed by atoms with Crippen LogP contribution in [-0.4, -0.2) is 45.1 Å². The molecule has 0 saturated heterocycles. The molecule has 0 unspecified atom stereocenters. The maximum Gasteiger partial charge on any atom is 0.287 e. The van der Waals surface area contributed by atoms with Gasteiger partial charge in [-0.3, -0.25) is 14.9 Å². The van der Waals surface area contributed by atoms with Gasteiger partial charge in [-0.05, 0) is 6.42 Å². The Morgan fingerprint density at radius 2 is 2.22 bits per heavy atom. The summed E-state index contributed by atoms with van der Waals surface area (Å²) in [4.78, 5) is 23.7. The van der Waals surface area contributed by atoms with E-state index < -0.39 is 4.92 Å². The zero-order chi connectivity index (χ0) is 13.7. The van der Waals surface area contributed by atoms with Crippen LogP contribution in [0.5, 0.6) is 0 Å². The Morgan fingerprint density at radius 3 is 2.67 bits per heavy atom. The van der Waals surface area contributed by atoms with Gasteiger partial charge >= 0.3 is 0 Å². The van der Waals surface area contributed by atoms with Crippen molar-refractivity contribution in [3.63, 3.8) is 0 Å². The molecule has 7 heteroatoms. The number of amides is 1. The van der Waals surface area contributed by atoms with Crippen LogP contribution in [0, 0.1) is 10.1 Å². The predicted octanol–water partition coefficient (Wildman–Crippen LogP) is 0.778. The van der Waals surface area contributed by atoms with E-state index in [-0.39, 0.29) is 30.4 Å². The number of aliphatic hydroxyl groups excluding tert-OH is 1. The quantitative estimate of drug-likeness (QED) is 0.601. The van der Waals surface area contributed by atoms with Crippen LogP contribution < -0.4 is 0 Å². The largest absolute Gasteiger partial charge is 0.395 e. The molecule has 0 atom stereocenters. The number of nitrogens with zero attached hydrogens (tertiary/aromatic N) is 3. The summed E-state index contributed by atoms with van der Waals surface area (Å²) >= 11 is 0. The Labute approximate surface area is 105 Å². The van der Waals surface area contributed by atoms with Crippen LogP contribution in [0.3, 0.4) is 0 Å². The molecule has 1 aromatic rings. The van der Waals surface area contributed by atoms with Crippen LogP contribution in [-0.2, 0) is 7.05 Å². The highest BCUT2D eigenvalue weighted by Crippen LogP contribution is 2.16. The highest BCUT2D eigenvalue weighted by Gasteiger charge is 2.21. The molecule has 1 N–H and O–H groups in total. The molecule has 1 amide bonds. The van der Waals surface area contributed by atoms with E-state index in [9.17, 15) is 14.9 Å². The van der Waals surface area contributed by atoms with Gasteiger partial charge in [0.1, 0.15) is 5.69 Å². The lowest BCUT2D eigenvalue weighted by Gasteiger charge is -2.20. The topological polar surface area (TPSA) is 88.6 Å². The second kappa shape index (κ2) is 6.15. The van der Waals surface area contributed by atoms with Crippen molar-refractivity contribution in [1.29, 1.82) is 0 Å². The van der Waals surface area contributed by atoms with Crippen molar-refractivity contribution in [2.75, 3.05) is 19.7 Å². The molecule has 0 aromatic carbocycles. The maximum absolute atomic E-state index is 12.2. The summed E-state index contributed by atoms with van der Waals surface area (Å²) in [5, 5.41) is 19.6. The van der Waals surface area contributed by atoms with E-state index in [1.54, 1.807) is 7.05 Å². The fourth-order valence-corrected chi connectivity index (χ4v) is 1.73. The van der Waals surface area contributed by atoms with E-state index >= 15 is 0 Å². The molecule has 0 fully saturated rings. The number of aromatic nitrogens is 1. The Morgan fingerprint density at radius 1 is 1.56 bits per heavy atom. The average molecular weight is 255 g/mol. The van der Waals surface area contributed by atoms with Crippen molar-refractivity contribution in [3.8, 4) is 0 Å². The Kier molecular flexibility index (Phi) is 4.85. The van der Waals surface area contributed by atoms with Crippen molar-refractivity contribution in [2.24, 2.45) is 7.05 Å². The predicted molar refractivity (Wildman–Crippen MR) is 65.3 cm³/mol. The minimum Gasteiger partial charge on any atom is -0.395 e. The average Bonchev–Trinajstić information content (AvgIpc) is 2.70. The van der Waals surface area contributed by atoms with E-state index in [1.807, 2.05) is 6.92 Å². The molecule has 0 saturated carbocycles. The third-order valence-electron chi connectivity index (χ3n) is 2.57. The Balaban J connectivity index is 2.97. The summed E-state index contributed by atoms with van der Waals surface area (Å²) in [6, 6.07) is 1.25. The third kappa shape index (κ3) is 3.07. The van der Waals surface area contributed by atoms with Gasteiger partial charge in [-0.1, -0.05) is 6.92 Å². The van der Waals surface area contributed by atoms with Crippen LogP contribution in [0.15, 0.2) is 12.3 Å². The number of carbonyl (C=O) groups excluding carboxylic acids is 1. The molecular formula is C11H17N3O4. The SMILES string of the molecule is CCCN(CCO)C(=O)c1cc([N+](=O)[O-])cn1C. The molecular weight excluding hydrogens is 238 g/mol. The van der Waals surface area contributed by atoms with Gasteiger partial charge in [0.25, 0.3) is 11.6 Å². The van der Waals surface area contributed by atoms with Crippen LogP contribution in [0.2, 0.25) is 0 Å². The number of nitro groups is 1. The van der Waals surface area contributed by atoms with Gasteiger partial charge < -0.3 is 14.6 Å². The monoisotopic (exact) mass is 255 g/mol. The van der Waals surface area contributed by atoms with Gasteiger partial charge in [0.2, 0.25) is 0 Å². The van der Waals surface area contributed by atoms with E-state index in [0.29, 0.717) is 6.54 Å². The molecule has 1 aromatic heterocycles. The first kappa shape index (κ1) is 14.2. The molecule has 1 heterocycles. The summed E-state index contributed by atoms with van der Waals surface area (Å²) < 4.78 is 1.43. The normalized spacial score (nSPS) is 10.4. The summed E-state index contributed by atoms with van der Waals surface area (Å²) in [5.41, 5.74) is 0.143. The van der Waals surface area contributed by atoms with Crippen molar-refractivity contribution >= 4 is 11.6 Å². The van der Waals surface area contributed by atoms with Gasteiger partial charge in [0, 0.05) is 26.2 Å². The summed E-state index contributed by atoms with van der Waals surface area (Å²) in [6.45, 7) is 2.54. The lowest BCUT2D eigenvalue weighted by molar-refractivity contribution is -0.384. The number of aliphatic hydroxyl groups is 1. The van der Waals surface area contributed by atoms with E-state index in [0.717, 1.165) is 6.42 Å². The number of hydrogen-bond donors (Lipinski definition) is 1. The summed E-state index contributed by atoms with van der Waals surface area (Å²) in [6.07, 6.45) is 2.06. The molecule has 0 aliphatic rings. The lowest BCUT2D eigenvalue weighted by atomic mass is 10.3. The molecule has 0 bridgehead atoms. The van der Waals surface area contributed by atoms with Crippen molar-refractivity contribution in [2.45, 2.75) is 13.3 Å². The Bertz CT molecular complexity index is 435. The highest BCUT2D eigenvalue weighted by atomic mass is 16.6. The van der Waals surface area contributed by atoms with Crippen molar-refractivity contribution in [3.05, 3.63) is 28.1 Å². The first-order chi connectivity index (χ1) is 8.51. The highest BCUT2D eigenvalue weighted by molar-refractivity contribution is 5.93. The molecule has 0 radical (unpaired) electrons. The van der Waals surface area contributed by atoms with Crippen LogP contribution >= 0.6 is 0 Å². The fourth-order valence-electron chi connectivity index (χ4n) is 1.73. The first-order valence-electron chi connectivity index (χ1n) is 5.72. The number of carbonyl (C=O) groups is 1. The minimum atomic E-state index is -0.535. The second-order valence-corrected chi connectivity index (χ2v) is 3.97. The molecule has 7 nitrogen and oxygen atoms in total. The van der Waals surface area contributed by atoms with Crippen LogP contribution in [0.1, 0.15) is 23.8 Å². The molecule has 18 heavy (non-hydrogen) atoms. The standard InChI is InChI=1S/C11H17N3O4/c1-3-4-13(5-6-15)11(16)10-7-9(14(17)18)8-12(10)2/h7-8,15H,3-6H2,1-2H3. The molecule has 0 aliphatic carbocycles.